The van der Waals surface area contributed by atoms with Crippen LogP contribution in [0.25, 0.3) is 0 Å². The lowest BCUT2D eigenvalue weighted by Crippen LogP contribution is -2.01. The van der Waals surface area contributed by atoms with Gasteiger partial charge in [-0.15, -0.1) is 10.2 Å². The van der Waals surface area contributed by atoms with Crippen molar-refractivity contribution in [2.24, 2.45) is 0 Å². The Bertz CT molecular complexity index is 256. The molecule has 80 valence electrons. The lowest BCUT2D eigenvalue weighted by molar-refractivity contribution is 0.191. The van der Waals surface area contributed by atoms with Crippen LogP contribution in [-0.4, -0.2) is 28.5 Å². The van der Waals surface area contributed by atoms with Crippen LogP contribution >= 0.6 is 11.6 Å². The zero-order valence-corrected chi connectivity index (χ0v) is 9.42. The SMILES string of the molecule is COCCCCCn1c(C)nnc1Cl. The van der Waals surface area contributed by atoms with Gasteiger partial charge < -0.3 is 9.30 Å². The molecule has 0 aliphatic heterocycles. The van der Waals surface area contributed by atoms with Gasteiger partial charge in [0.05, 0.1) is 0 Å². The average Bonchev–Trinajstić information content (AvgIpc) is 2.48. The van der Waals surface area contributed by atoms with Gasteiger partial charge in [0.25, 0.3) is 0 Å². The monoisotopic (exact) mass is 217 g/mol. The molecule has 1 aromatic rings. The molecule has 0 saturated carbocycles. The Kier molecular flexibility index (Phi) is 4.90. The molecule has 0 fully saturated rings. The number of rotatable bonds is 6. The van der Waals surface area contributed by atoms with Crippen molar-refractivity contribution in [3.05, 3.63) is 11.1 Å². The summed E-state index contributed by atoms with van der Waals surface area (Å²) in [5.41, 5.74) is 0. The molecule has 5 heteroatoms. The highest BCUT2D eigenvalue weighted by Gasteiger charge is 2.04. The molecule has 0 amide bonds. The Hall–Kier alpha value is -0.610. The number of hydrogen-bond donors (Lipinski definition) is 0. The van der Waals surface area contributed by atoms with E-state index in [1.54, 1.807) is 7.11 Å². The van der Waals surface area contributed by atoms with Crippen molar-refractivity contribution < 1.29 is 4.74 Å². The van der Waals surface area contributed by atoms with Crippen molar-refractivity contribution in [3.63, 3.8) is 0 Å². The highest BCUT2D eigenvalue weighted by molar-refractivity contribution is 6.28. The third kappa shape index (κ3) is 3.27. The van der Waals surface area contributed by atoms with Crippen molar-refractivity contribution in [2.75, 3.05) is 13.7 Å². The summed E-state index contributed by atoms with van der Waals surface area (Å²) in [4.78, 5) is 0. The molecule has 4 nitrogen and oxygen atoms in total. The lowest BCUT2D eigenvalue weighted by atomic mass is 10.2. The maximum absolute atomic E-state index is 5.85. The summed E-state index contributed by atoms with van der Waals surface area (Å²) in [5.74, 6) is 0.877. The second-order valence-electron chi connectivity index (χ2n) is 3.22. The van der Waals surface area contributed by atoms with Crippen LogP contribution in [0.2, 0.25) is 5.28 Å². The van der Waals surface area contributed by atoms with E-state index >= 15 is 0 Å². The molecule has 0 unspecified atom stereocenters. The third-order valence-corrected chi connectivity index (χ3v) is 2.40. The lowest BCUT2D eigenvalue weighted by Gasteiger charge is -2.04. The number of nitrogens with zero attached hydrogens (tertiary/aromatic N) is 3. The standard InChI is InChI=1S/C9H16ClN3O/c1-8-11-12-9(10)13(8)6-4-3-5-7-14-2/h3-7H2,1-2H3. The minimum absolute atomic E-state index is 0.481. The van der Waals surface area contributed by atoms with Gasteiger partial charge in [-0.2, -0.15) is 0 Å². The van der Waals surface area contributed by atoms with Crippen LogP contribution in [-0.2, 0) is 11.3 Å². The topological polar surface area (TPSA) is 39.9 Å². The van der Waals surface area contributed by atoms with Gasteiger partial charge >= 0.3 is 0 Å². The van der Waals surface area contributed by atoms with Gasteiger partial charge in [-0.3, -0.25) is 0 Å². The van der Waals surface area contributed by atoms with Crippen LogP contribution < -0.4 is 0 Å². The van der Waals surface area contributed by atoms with Crippen molar-refractivity contribution in [3.8, 4) is 0 Å². The second-order valence-corrected chi connectivity index (χ2v) is 3.56. The van der Waals surface area contributed by atoms with Crippen LogP contribution in [0, 0.1) is 6.92 Å². The molecule has 0 bridgehead atoms. The largest absolute Gasteiger partial charge is 0.385 e. The summed E-state index contributed by atoms with van der Waals surface area (Å²) in [7, 11) is 1.72. The van der Waals surface area contributed by atoms with Gasteiger partial charge in [-0.05, 0) is 37.8 Å². The van der Waals surface area contributed by atoms with Crippen LogP contribution in [0.1, 0.15) is 25.1 Å². The van der Waals surface area contributed by atoms with Crippen LogP contribution in [0.4, 0.5) is 0 Å². The second kappa shape index (κ2) is 5.98. The van der Waals surface area contributed by atoms with Crippen LogP contribution in [0.5, 0.6) is 0 Å². The number of halogens is 1. The predicted octanol–water partition coefficient (Wildman–Crippen LogP) is 2.06. The van der Waals surface area contributed by atoms with E-state index in [1.807, 2.05) is 11.5 Å². The Balaban J connectivity index is 2.24. The summed E-state index contributed by atoms with van der Waals surface area (Å²) in [5, 5.41) is 8.15. The van der Waals surface area contributed by atoms with Crippen molar-refractivity contribution in [1.82, 2.24) is 14.8 Å². The van der Waals surface area contributed by atoms with E-state index in [-0.39, 0.29) is 0 Å². The first-order chi connectivity index (χ1) is 6.75. The molecule has 0 aromatic carbocycles. The van der Waals surface area contributed by atoms with Gasteiger partial charge in [0.2, 0.25) is 5.28 Å². The van der Waals surface area contributed by atoms with E-state index in [0.717, 1.165) is 38.2 Å². The zero-order chi connectivity index (χ0) is 10.4. The molecule has 0 atom stereocenters. The first kappa shape index (κ1) is 11.5. The minimum atomic E-state index is 0.481. The quantitative estimate of drug-likeness (QED) is 0.685. The number of aromatic nitrogens is 3. The van der Waals surface area contributed by atoms with Crippen molar-refractivity contribution in [1.29, 1.82) is 0 Å². The van der Waals surface area contributed by atoms with Crippen molar-refractivity contribution in [2.45, 2.75) is 32.7 Å². The van der Waals surface area contributed by atoms with E-state index in [2.05, 4.69) is 10.2 Å². The summed E-state index contributed by atoms with van der Waals surface area (Å²) < 4.78 is 6.89. The van der Waals surface area contributed by atoms with Gasteiger partial charge in [0.1, 0.15) is 5.82 Å². The van der Waals surface area contributed by atoms with Gasteiger partial charge in [-0.1, -0.05) is 0 Å². The maximum Gasteiger partial charge on any atom is 0.225 e. The molecule has 0 N–H and O–H groups in total. The number of methoxy groups -OCH3 is 1. The predicted molar refractivity (Wildman–Crippen MR) is 55.5 cm³/mol. The Labute approximate surface area is 89.2 Å². The minimum Gasteiger partial charge on any atom is -0.385 e. The van der Waals surface area contributed by atoms with Crippen LogP contribution in [0.3, 0.4) is 0 Å². The highest BCUT2D eigenvalue weighted by Crippen LogP contribution is 2.09. The summed E-state index contributed by atoms with van der Waals surface area (Å²) in [6.45, 7) is 3.63. The summed E-state index contributed by atoms with van der Waals surface area (Å²) in [6, 6.07) is 0. The molecule has 14 heavy (non-hydrogen) atoms. The molecule has 0 aliphatic rings. The van der Waals surface area contributed by atoms with Crippen molar-refractivity contribution >= 4 is 11.6 Å². The molecule has 0 spiro atoms. The van der Waals surface area contributed by atoms with E-state index in [9.17, 15) is 0 Å². The first-order valence-electron chi connectivity index (χ1n) is 4.80. The van der Waals surface area contributed by atoms with Crippen LogP contribution in [0.15, 0.2) is 0 Å². The van der Waals surface area contributed by atoms with E-state index in [0.29, 0.717) is 5.28 Å². The summed E-state index contributed by atoms with van der Waals surface area (Å²) in [6.07, 6.45) is 3.32. The normalized spacial score (nSPS) is 10.8. The fraction of sp³-hybridized carbons (Fsp3) is 0.778. The Morgan fingerprint density at radius 2 is 2.07 bits per heavy atom. The van der Waals surface area contributed by atoms with E-state index < -0.39 is 0 Å². The smallest absolute Gasteiger partial charge is 0.225 e. The van der Waals surface area contributed by atoms with Gasteiger partial charge in [0.15, 0.2) is 0 Å². The third-order valence-electron chi connectivity index (χ3n) is 2.12. The number of hydrogen-bond acceptors (Lipinski definition) is 3. The number of aryl methyl sites for hydroxylation is 1. The molecule has 0 aliphatic carbocycles. The number of ether oxygens (including phenoxy) is 1. The summed E-state index contributed by atoms with van der Waals surface area (Å²) >= 11 is 5.85. The molecular weight excluding hydrogens is 202 g/mol. The van der Waals surface area contributed by atoms with E-state index in [4.69, 9.17) is 16.3 Å². The Morgan fingerprint density at radius 3 is 2.64 bits per heavy atom. The molecule has 1 heterocycles. The molecule has 0 radical (unpaired) electrons. The van der Waals surface area contributed by atoms with E-state index in [1.165, 1.54) is 0 Å². The first-order valence-corrected chi connectivity index (χ1v) is 5.17. The highest BCUT2D eigenvalue weighted by atomic mass is 35.5. The molecule has 1 aromatic heterocycles. The maximum atomic E-state index is 5.85. The fourth-order valence-electron chi connectivity index (χ4n) is 1.30. The Morgan fingerprint density at radius 1 is 1.29 bits per heavy atom. The van der Waals surface area contributed by atoms with Gasteiger partial charge in [0, 0.05) is 20.3 Å². The molecule has 1 rings (SSSR count). The fourth-order valence-corrected chi connectivity index (χ4v) is 1.55. The number of unbranched alkanes of at least 4 members (excludes halogenated alkanes) is 2. The average molecular weight is 218 g/mol. The van der Waals surface area contributed by atoms with Gasteiger partial charge in [-0.25, -0.2) is 0 Å². The zero-order valence-electron chi connectivity index (χ0n) is 8.66. The molecule has 0 saturated heterocycles. The molecular formula is C9H16ClN3O.